The Balaban J connectivity index is 1.34. The third kappa shape index (κ3) is 2.23. The number of hydrogen-bond acceptors (Lipinski definition) is 0. The molecule has 7 aliphatic rings. The predicted molar refractivity (Wildman–Crippen MR) is 209 cm³/mol. The van der Waals surface area contributed by atoms with E-state index in [0.29, 0.717) is 0 Å². The first-order chi connectivity index (χ1) is 25.3. The van der Waals surface area contributed by atoms with Crippen LogP contribution in [0.4, 0.5) is 0 Å². The zero-order chi connectivity index (χ0) is 32.2. The number of benzene rings is 7. The summed E-state index contributed by atoms with van der Waals surface area (Å²) in [5.74, 6) is 0. The van der Waals surface area contributed by atoms with Crippen LogP contribution in [0.1, 0.15) is 33.4 Å². The summed E-state index contributed by atoms with van der Waals surface area (Å²) in [7, 11) is 0. The van der Waals surface area contributed by atoms with Gasteiger partial charge in [-0.1, -0.05) is 84.9 Å². The summed E-state index contributed by atoms with van der Waals surface area (Å²) in [5.41, 5.74) is 34.3. The molecule has 230 valence electrons. The van der Waals surface area contributed by atoms with Crippen LogP contribution >= 0.6 is 0 Å². The molecule has 4 nitrogen and oxygen atoms in total. The highest BCUT2D eigenvalue weighted by atomic mass is 15.1. The zero-order valence-corrected chi connectivity index (χ0v) is 27.5. The van der Waals surface area contributed by atoms with Crippen LogP contribution in [0.5, 0.6) is 0 Å². The molecule has 0 N–H and O–H groups in total. The molecule has 0 saturated carbocycles. The van der Waals surface area contributed by atoms with Crippen molar-refractivity contribution in [2.24, 2.45) is 0 Å². The Morgan fingerprint density at radius 3 is 1.33 bits per heavy atom. The third-order valence-electron chi connectivity index (χ3n) is 14.0. The van der Waals surface area contributed by atoms with E-state index >= 15 is 0 Å². The van der Waals surface area contributed by atoms with Crippen LogP contribution < -0.4 is 32.8 Å². The van der Waals surface area contributed by atoms with Crippen LogP contribution in [0.3, 0.4) is 0 Å². The van der Waals surface area contributed by atoms with Gasteiger partial charge in [-0.2, -0.15) is 0 Å². The highest BCUT2D eigenvalue weighted by Gasteiger charge is 2.51. The number of rotatable bonds is 0. The van der Waals surface area contributed by atoms with Gasteiger partial charge in [-0.05, 0) is 96.8 Å². The van der Waals surface area contributed by atoms with Crippen molar-refractivity contribution in [3.8, 4) is 22.7 Å². The minimum absolute atomic E-state index is 0.131. The molecule has 7 aliphatic heterocycles. The number of hydrogen-bond donors (Lipinski definition) is 0. The quantitative estimate of drug-likeness (QED) is 0.171. The molecule has 0 radical (unpaired) electrons. The van der Waals surface area contributed by atoms with Crippen molar-refractivity contribution < 1.29 is 0 Å². The van der Waals surface area contributed by atoms with Gasteiger partial charge in [0, 0.05) is 35.6 Å². The minimum Gasteiger partial charge on any atom is -0.307 e. The fourth-order valence-corrected chi connectivity index (χ4v) is 12.5. The Kier molecular flexibility index (Phi) is 3.46. The summed E-state index contributed by atoms with van der Waals surface area (Å²) in [5, 5.41) is 0. The van der Waals surface area contributed by atoms with E-state index in [-0.39, 0.29) is 13.4 Å². The monoisotopic (exact) mass is 642 g/mol. The van der Waals surface area contributed by atoms with Gasteiger partial charge in [0.05, 0.1) is 44.1 Å². The molecule has 0 aliphatic carbocycles. The zero-order valence-electron chi connectivity index (χ0n) is 27.5. The molecule has 0 saturated heterocycles. The first kappa shape index (κ1) is 24.1. The van der Waals surface area contributed by atoms with E-state index in [4.69, 9.17) is 0 Å². The first-order valence-electron chi connectivity index (χ1n) is 18.5. The van der Waals surface area contributed by atoms with Crippen molar-refractivity contribution in [3.05, 3.63) is 143 Å². The normalized spacial score (nSPS) is 15.5. The summed E-state index contributed by atoms with van der Waals surface area (Å²) in [6.45, 7) is 0.342. The summed E-state index contributed by atoms with van der Waals surface area (Å²) >= 11 is 0. The molecule has 9 aromatic rings. The molecule has 0 atom stereocenters. The van der Waals surface area contributed by atoms with Gasteiger partial charge in [0.15, 0.2) is 0 Å². The van der Waals surface area contributed by atoms with Crippen molar-refractivity contribution in [1.82, 2.24) is 18.3 Å². The second-order valence-corrected chi connectivity index (χ2v) is 15.9. The largest absolute Gasteiger partial charge is 0.307 e. The van der Waals surface area contributed by atoms with Crippen molar-refractivity contribution in [2.75, 3.05) is 0 Å². The standard InChI is InChI=1S/C45H24B2N4/c1-3-11-30-28(9-1)46-29-10-2-4-12-31(29)49-33-14-6-8-25-21-27-18-16-23-19-22-15-17-26-20-24-7-5-13-32-38(24)50-40(26)34(22)47-35(23)41(27)51(39(25)33)45-37(47)44(50)42(48(30)32)36(46)43(45)49/h1-18H,19-21H2. The summed E-state index contributed by atoms with van der Waals surface area (Å²) in [4.78, 5) is 0. The van der Waals surface area contributed by atoms with E-state index in [9.17, 15) is 0 Å². The molecule has 6 heteroatoms. The lowest BCUT2D eigenvalue weighted by atomic mass is 9.29. The molecule has 0 bridgehead atoms. The third-order valence-corrected chi connectivity index (χ3v) is 14.0. The summed E-state index contributed by atoms with van der Waals surface area (Å²) in [6, 6.07) is 42.6. The van der Waals surface area contributed by atoms with Gasteiger partial charge in [0.1, 0.15) is 0 Å². The molecule has 0 unspecified atom stereocenters. The van der Waals surface area contributed by atoms with E-state index in [1.165, 1.54) is 122 Å². The SMILES string of the molecule is c1ccc2c(c1)B1c3ccccc3-n3c4cccc5c4n4c6c7c8c(c1c63)n-2c1cccc2c1n8-c1c(ccc3c1B7c1c(ccc(c1-4)C5)C3)C2. The lowest BCUT2D eigenvalue weighted by molar-refractivity contribution is 0.983. The highest BCUT2D eigenvalue weighted by molar-refractivity contribution is 7.04. The Morgan fingerprint density at radius 2 is 0.784 bits per heavy atom. The van der Waals surface area contributed by atoms with Crippen LogP contribution in [-0.2, 0) is 19.3 Å². The molecule has 16 rings (SSSR count). The van der Waals surface area contributed by atoms with E-state index in [1.54, 1.807) is 10.9 Å². The summed E-state index contributed by atoms with van der Waals surface area (Å²) in [6.07, 6.45) is 2.94. The molecule has 0 spiro atoms. The second kappa shape index (κ2) is 7.33. The Hall–Kier alpha value is -6.13. The fraction of sp³-hybridized carbons (Fsp3) is 0.0667. The Labute approximate surface area is 292 Å². The Morgan fingerprint density at radius 1 is 0.333 bits per heavy atom. The maximum Gasteiger partial charge on any atom is 0.253 e. The van der Waals surface area contributed by atoms with E-state index in [1.807, 2.05) is 0 Å². The molecule has 0 amide bonds. The van der Waals surface area contributed by atoms with Gasteiger partial charge in [-0.15, -0.1) is 0 Å². The predicted octanol–water partition coefficient (Wildman–Crippen LogP) is 4.59. The van der Waals surface area contributed by atoms with Crippen molar-refractivity contribution in [2.45, 2.75) is 19.3 Å². The average Bonchev–Trinajstić information content (AvgIpc) is 3.18. The van der Waals surface area contributed by atoms with Gasteiger partial charge < -0.3 is 18.3 Å². The van der Waals surface area contributed by atoms with Gasteiger partial charge in [0.25, 0.3) is 13.4 Å². The number of nitrogens with zero attached hydrogens (tertiary/aromatic N) is 4. The number of para-hydroxylation sites is 4. The molecule has 7 aromatic carbocycles. The smallest absolute Gasteiger partial charge is 0.253 e. The molecule has 0 fully saturated rings. The van der Waals surface area contributed by atoms with Gasteiger partial charge >= 0.3 is 0 Å². The lowest BCUT2D eigenvalue weighted by Crippen LogP contribution is -2.67. The van der Waals surface area contributed by atoms with Crippen LogP contribution in [0.15, 0.2) is 109 Å². The minimum atomic E-state index is 0.131. The highest BCUT2D eigenvalue weighted by Crippen LogP contribution is 2.47. The number of fused-ring (bicyclic) bond motifs is 8. The van der Waals surface area contributed by atoms with Crippen LogP contribution in [0.2, 0.25) is 0 Å². The van der Waals surface area contributed by atoms with Crippen molar-refractivity contribution in [1.29, 1.82) is 0 Å². The number of aromatic nitrogens is 4. The molecule has 2 aromatic heterocycles. The molecule has 51 heavy (non-hydrogen) atoms. The molecular weight excluding hydrogens is 618 g/mol. The second-order valence-electron chi connectivity index (χ2n) is 15.9. The van der Waals surface area contributed by atoms with Crippen LogP contribution in [0, 0.1) is 0 Å². The molecule has 9 heterocycles. The van der Waals surface area contributed by atoms with Gasteiger partial charge in [-0.25, -0.2) is 0 Å². The maximum absolute atomic E-state index is 2.78. The van der Waals surface area contributed by atoms with Crippen molar-refractivity contribution >= 4 is 90.3 Å². The maximum atomic E-state index is 2.78. The summed E-state index contributed by atoms with van der Waals surface area (Å²) < 4.78 is 10.9. The van der Waals surface area contributed by atoms with Gasteiger partial charge in [0.2, 0.25) is 0 Å². The van der Waals surface area contributed by atoms with E-state index in [2.05, 4.69) is 127 Å². The van der Waals surface area contributed by atoms with Crippen LogP contribution in [0.25, 0.3) is 66.9 Å². The van der Waals surface area contributed by atoms with E-state index < -0.39 is 0 Å². The lowest BCUT2D eigenvalue weighted by Gasteiger charge is -2.47. The molecular formula is C45H24B2N4. The average molecular weight is 642 g/mol. The van der Waals surface area contributed by atoms with Crippen molar-refractivity contribution in [3.63, 3.8) is 0 Å². The first-order valence-corrected chi connectivity index (χ1v) is 18.5. The van der Waals surface area contributed by atoms with E-state index in [0.717, 1.165) is 19.3 Å². The fourth-order valence-electron chi connectivity index (χ4n) is 12.5. The topological polar surface area (TPSA) is 19.7 Å². The van der Waals surface area contributed by atoms with Gasteiger partial charge in [-0.3, -0.25) is 0 Å². The van der Waals surface area contributed by atoms with Crippen LogP contribution in [-0.4, -0.2) is 31.7 Å². The Bertz CT molecular complexity index is 3200.